The first-order valence-electron chi connectivity index (χ1n) is 14.8. The molecule has 0 spiro atoms. The smallest absolute Gasteiger partial charge is 0.185 e. The molecule has 0 radical (unpaired) electrons. The molecule has 1 saturated carbocycles. The van der Waals surface area contributed by atoms with E-state index in [4.69, 9.17) is 29.4 Å². The molecule has 0 amide bonds. The second kappa shape index (κ2) is 11.6. The molecule has 11 atom stereocenters. The molecule has 2 saturated heterocycles. The molecule has 2 aliphatic heterocycles. The van der Waals surface area contributed by atoms with Gasteiger partial charge < -0.3 is 39.6 Å². The highest BCUT2D eigenvalue weighted by Crippen LogP contribution is 2.56. The van der Waals surface area contributed by atoms with E-state index in [-0.39, 0.29) is 23.4 Å². The van der Waals surface area contributed by atoms with Gasteiger partial charge in [-0.3, -0.25) is 0 Å². The molecule has 38 heavy (non-hydrogen) atoms. The average molecular weight is 536 g/mol. The Morgan fingerprint density at radius 3 is 2.68 bits per heavy atom. The molecular weight excluding hydrogens is 486 g/mol. The summed E-state index contributed by atoms with van der Waals surface area (Å²) in [5.74, 6) is 0.711. The molecule has 0 bridgehead atoms. The summed E-state index contributed by atoms with van der Waals surface area (Å²) in [6.45, 7) is 11.0. The van der Waals surface area contributed by atoms with Gasteiger partial charge in [0.15, 0.2) is 12.6 Å². The third kappa shape index (κ3) is 5.05. The van der Waals surface area contributed by atoms with E-state index in [1.807, 2.05) is 0 Å². The van der Waals surface area contributed by atoms with Crippen molar-refractivity contribution in [2.24, 2.45) is 40.7 Å². The monoisotopic (exact) mass is 535 g/mol. The zero-order chi connectivity index (χ0) is 27.2. The first kappa shape index (κ1) is 28.7. The minimum Gasteiger partial charge on any atom is -0.390 e. The summed E-state index contributed by atoms with van der Waals surface area (Å²) < 4.78 is 30.2. The zero-order valence-corrected chi connectivity index (χ0v) is 23.8. The van der Waals surface area contributed by atoms with Crippen LogP contribution < -0.4 is 5.73 Å². The van der Waals surface area contributed by atoms with E-state index in [1.165, 1.54) is 16.7 Å². The van der Waals surface area contributed by atoms with Crippen LogP contribution in [0.1, 0.15) is 59.8 Å². The van der Waals surface area contributed by atoms with Gasteiger partial charge >= 0.3 is 0 Å². The van der Waals surface area contributed by atoms with Gasteiger partial charge in [-0.05, 0) is 62.0 Å². The Kier molecular flexibility index (Phi) is 8.73. The van der Waals surface area contributed by atoms with Crippen molar-refractivity contribution in [1.82, 2.24) is 0 Å². The van der Waals surface area contributed by atoms with Crippen LogP contribution in [0.4, 0.5) is 0 Å². The maximum Gasteiger partial charge on any atom is 0.185 e. The quantitative estimate of drug-likeness (QED) is 0.305. The van der Waals surface area contributed by atoms with E-state index < -0.39 is 30.9 Å². The first-order valence-corrected chi connectivity index (χ1v) is 14.8. The summed E-state index contributed by atoms with van der Waals surface area (Å²) in [4.78, 5) is 0. The van der Waals surface area contributed by atoms with Crippen LogP contribution in [0.25, 0.3) is 0 Å². The lowest BCUT2D eigenvalue weighted by molar-refractivity contribution is -0.224. The van der Waals surface area contributed by atoms with Gasteiger partial charge in [0.05, 0.1) is 37.9 Å². The summed E-state index contributed by atoms with van der Waals surface area (Å²) in [7, 11) is 1.78. The standard InChI is InChI=1S/C30H49NO7/c1-16(2)19-9-10-30(4)13-21-18(14-34-5)7-8-20(21)17(3)25(32)27(24(19)30)38-29-26(33)23-22(37-29)15-36-28(23)35-12-6-11-31/h13,16-18,20,22-23,25-29,32-33H,6-12,14-15,31H2,1-5H3/b21-13-/t17-,18-,20+,22-,23+,25-,26-,27-,28-,29?,30-/m1/s1. The van der Waals surface area contributed by atoms with E-state index in [0.29, 0.717) is 37.5 Å². The normalized spacial score (nSPS) is 46.1. The molecule has 3 aliphatic carbocycles. The molecule has 8 heteroatoms. The van der Waals surface area contributed by atoms with Crippen LogP contribution in [-0.2, 0) is 23.7 Å². The number of nitrogens with two attached hydrogens (primary N) is 1. The summed E-state index contributed by atoms with van der Waals surface area (Å²) in [5, 5.41) is 23.4. The maximum atomic E-state index is 12.0. The molecule has 0 aromatic carbocycles. The Morgan fingerprint density at radius 1 is 1.18 bits per heavy atom. The molecule has 0 aromatic heterocycles. The van der Waals surface area contributed by atoms with E-state index in [0.717, 1.165) is 38.7 Å². The Hall–Kier alpha value is -0.840. The fraction of sp³-hybridized carbons (Fsp3) is 0.867. The van der Waals surface area contributed by atoms with Crippen LogP contribution in [0, 0.1) is 35.0 Å². The minimum absolute atomic E-state index is 0.00731. The Morgan fingerprint density at radius 2 is 1.97 bits per heavy atom. The predicted octanol–water partition coefficient (Wildman–Crippen LogP) is 3.16. The zero-order valence-electron chi connectivity index (χ0n) is 23.8. The van der Waals surface area contributed by atoms with Crippen LogP contribution in [-0.4, -0.2) is 80.7 Å². The van der Waals surface area contributed by atoms with Crippen molar-refractivity contribution in [1.29, 1.82) is 0 Å². The molecule has 2 heterocycles. The topological polar surface area (TPSA) is 113 Å². The summed E-state index contributed by atoms with van der Waals surface area (Å²) in [6.07, 6.45) is 3.49. The molecule has 3 fully saturated rings. The fourth-order valence-corrected chi connectivity index (χ4v) is 7.91. The van der Waals surface area contributed by atoms with E-state index >= 15 is 0 Å². The van der Waals surface area contributed by atoms with Gasteiger partial charge in [-0.25, -0.2) is 0 Å². The Bertz CT molecular complexity index is 905. The molecule has 4 N–H and O–H groups in total. The number of aliphatic hydroxyl groups is 2. The van der Waals surface area contributed by atoms with Crippen LogP contribution in [0.15, 0.2) is 22.8 Å². The highest BCUT2D eigenvalue weighted by Gasteiger charge is 2.56. The lowest BCUT2D eigenvalue weighted by atomic mass is 9.68. The fourth-order valence-electron chi connectivity index (χ4n) is 7.91. The number of hydrogen-bond donors (Lipinski definition) is 3. The van der Waals surface area contributed by atoms with E-state index in [9.17, 15) is 10.2 Å². The van der Waals surface area contributed by atoms with Crippen molar-refractivity contribution in [3.8, 4) is 0 Å². The minimum atomic E-state index is -0.905. The SMILES string of the molecule is COC[C@H]1CC[C@@H]2/C1=C\[C@@]1(C)CCC(C(C)C)=C1[C@@H](OC1O[C@@H]3CO[C@@H](OCCCN)[C@@H]3[C@H]1O)[C@H](O)[C@@H]2C. The first-order chi connectivity index (χ1) is 18.2. The Labute approximate surface area is 227 Å². The van der Waals surface area contributed by atoms with Gasteiger partial charge in [-0.2, -0.15) is 0 Å². The van der Waals surface area contributed by atoms with E-state index in [1.54, 1.807) is 7.11 Å². The molecule has 8 nitrogen and oxygen atoms in total. The van der Waals surface area contributed by atoms with Crippen molar-refractivity contribution in [3.63, 3.8) is 0 Å². The van der Waals surface area contributed by atoms with Gasteiger partial charge in [0.25, 0.3) is 0 Å². The van der Waals surface area contributed by atoms with Gasteiger partial charge in [-0.1, -0.05) is 44.9 Å². The summed E-state index contributed by atoms with van der Waals surface area (Å²) in [6, 6.07) is 0. The number of allylic oxidation sites excluding steroid dienone is 2. The van der Waals surface area contributed by atoms with Crippen LogP contribution >= 0.6 is 0 Å². The van der Waals surface area contributed by atoms with Gasteiger partial charge in [0, 0.05) is 18.4 Å². The van der Waals surface area contributed by atoms with Gasteiger partial charge in [-0.15, -0.1) is 0 Å². The predicted molar refractivity (Wildman–Crippen MR) is 143 cm³/mol. The summed E-state index contributed by atoms with van der Waals surface area (Å²) in [5.41, 5.74) is 9.38. The number of aliphatic hydroxyl groups excluding tert-OH is 2. The lowest BCUT2D eigenvalue weighted by Gasteiger charge is -2.43. The van der Waals surface area contributed by atoms with Crippen LogP contribution in [0.3, 0.4) is 0 Å². The lowest BCUT2D eigenvalue weighted by Crippen LogP contribution is -2.47. The number of fused-ring (bicyclic) bond motifs is 3. The van der Waals surface area contributed by atoms with Gasteiger partial charge in [0.2, 0.25) is 0 Å². The van der Waals surface area contributed by atoms with Crippen molar-refractivity contribution < 1.29 is 33.9 Å². The van der Waals surface area contributed by atoms with E-state index in [2.05, 4.69) is 33.8 Å². The number of ether oxygens (including phenoxy) is 5. The van der Waals surface area contributed by atoms with Crippen LogP contribution in [0.2, 0.25) is 0 Å². The highest BCUT2D eigenvalue weighted by molar-refractivity contribution is 5.41. The van der Waals surface area contributed by atoms with Crippen molar-refractivity contribution in [3.05, 3.63) is 22.8 Å². The largest absolute Gasteiger partial charge is 0.390 e. The molecule has 1 unspecified atom stereocenters. The molecule has 5 aliphatic rings. The molecule has 0 aromatic rings. The second-order valence-corrected chi connectivity index (χ2v) is 12.7. The number of rotatable bonds is 9. The highest BCUT2D eigenvalue weighted by atomic mass is 16.7. The maximum absolute atomic E-state index is 12.0. The molecular formula is C30H49NO7. The van der Waals surface area contributed by atoms with Crippen molar-refractivity contribution in [2.75, 3.05) is 33.5 Å². The van der Waals surface area contributed by atoms with Crippen molar-refractivity contribution >= 4 is 0 Å². The molecule has 5 rings (SSSR count). The average Bonchev–Trinajstić information content (AvgIpc) is 3.62. The van der Waals surface area contributed by atoms with Gasteiger partial charge in [0.1, 0.15) is 12.2 Å². The molecule has 216 valence electrons. The Balaban J connectivity index is 1.45. The number of methoxy groups -OCH3 is 1. The summed E-state index contributed by atoms with van der Waals surface area (Å²) >= 11 is 0. The number of hydrogen-bond acceptors (Lipinski definition) is 8. The van der Waals surface area contributed by atoms with Crippen LogP contribution in [0.5, 0.6) is 0 Å². The third-order valence-corrected chi connectivity index (χ3v) is 9.98. The van der Waals surface area contributed by atoms with Crippen molar-refractivity contribution in [2.45, 2.75) is 96.8 Å². The third-order valence-electron chi connectivity index (χ3n) is 9.98. The second-order valence-electron chi connectivity index (χ2n) is 12.7.